The largest absolute Gasteiger partial charge is 0.573 e. The Morgan fingerprint density at radius 1 is 1.11 bits per heavy atom. The number of pyridine rings is 2. The van der Waals surface area contributed by atoms with E-state index < -0.39 is 29.4 Å². The summed E-state index contributed by atoms with van der Waals surface area (Å²) in [5.74, 6) is -2.28. The van der Waals surface area contributed by atoms with Crippen molar-refractivity contribution in [1.82, 2.24) is 25.4 Å². The standard InChI is InChI=1S/C23H15F4N5O4/c24-15-10-14(4-6-17(15)36-23(25,26)27)22(7-9-34-18-2-1-8-28-19(18)22)31-21(33)16-5-3-13(11-29-16)20-30-12-35-32-20/h1-6,8,10-12H,7,9H2,(H,31,33)/t22-/m0/s1. The van der Waals surface area contributed by atoms with Gasteiger partial charge >= 0.3 is 6.36 Å². The number of hydrogen-bond donors (Lipinski definition) is 1. The van der Waals surface area contributed by atoms with Crippen LogP contribution in [0, 0.1) is 5.82 Å². The highest BCUT2D eigenvalue weighted by atomic mass is 19.4. The Morgan fingerprint density at radius 3 is 2.67 bits per heavy atom. The summed E-state index contributed by atoms with van der Waals surface area (Å²) in [6.45, 7) is 0.117. The minimum absolute atomic E-state index is 0.0167. The van der Waals surface area contributed by atoms with E-state index in [2.05, 4.69) is 30.2 Å². The normalized spacial score (nSPS) is 17.1. The quantitative estimate of drug-likeness (QED) is 0.408. The number of ether oxygens (including phenoxy) is 2. The van der Waals surface area contributed by atoms with Gasteiger partial charge in [-0.15, -0.1) is 13.2 Å². The van der Waals surface area contributed by atoms with Crippen LogP contribution in [0.15, 0.2) is 65.8 Å². The lowest BCUT2D eigenvalue weighted by atomic mass is 9.81. The maximum absolute atomic E-state index is 14.7. The van der Waals surface area contributed by atoms with Crippen LogP contribution < -0.4 is 14.8 Å². The van der Waals surface area contributed by atoms with Gasteiger partial charge in [0.05, 0.1) is 6.61 Å². The van der Waals surface area contributed by atoms with Crippen molar-refractivity contribution in [1.29, 1.82) is 0 Å². The van der Waals surface area contributed by atoms with Gasteiger partial charge in [-0.25, -0.2) is 4.39 Å². The van der Waals surface area contributed by atoms with Crippen LogP contribution in [0.4, 0.5) is 17.6 Å². The average molecular weight is 501 g/mol. The van der Waals surface area contributed by atoms with E-state index in [-0.39, 0.29) is 35.8 Å². The van der Waals surface area contributed by atoms with E-state index in [1.807, 2.05) is 0 Å². The Morgan fingerprint density at radius 2 is 1.97 bits per heavy atom. The molecule has 184 valence electrons. The number of halogens is 4. The number of benzene rings is 1. The van der Waals surface area contributed by atoms with Crippen molar-refractivity contribution in [3.63, 3.8) is 0 Å². The number of nitrogens with one attached hydrogen (secondary N) is 1. The Labute approximate surface area is 200 Å². The first-order valence-corrected chi connectivity index (χ1v) is 10.4. The van der Waals surface area contributed by atoms with Gasteiger partial charge in [0.1, 0.15) is 22.7 Å². The van der Waals surface area contributed by atoms with Crippen LogP contribution in [0.25, 0.3) is 11.4 Å². The second-order valence-corrected chi connectivity index (χ2v) is 7.69. The zero-order valence-electron chi connectivity index (χ0n) is 18.1. The Bertz CT molecular complexity index is 1400. The van der Waals surface area contributed by atoms with Gasteiger partial charge in [-0.3, -0.25) is 14.8 Å². The monoisotopic (exact) mass is 501 g/mol. The summed E-state index contributed by atoms with van der Waals surface area (Å²) in [5.41, 5.74) is -0.498. The summed E-state index contributed by atoms with van der Waals surface area (Å²) in [4.78, 5) is 25.7. The molecule has 9 nitrogen and oxygen atoms in total. The molecule has 0 bridgehead atoms. The molecule has 0 aliphatic carbocycles. The van der Waals surface area contributed by atoms with Crippen molar-refractivity contribution in [2.75, 3.05) is 6.61 Å². The lowest BCUT2D eigenvalue weighted by Gasteiger charge is -2.39. The first kappa shape index (κ1) is 23.2. The third-order valence-corrected chi connectivity index (χ3v) is 5.50. The van der Waals surface area contributed by atoms with Crippen molar-refractivity contribution >= 4 is 5.91 Å². The predicted molar refractivity (Wildman–Crippen MR) is 113 cm³/mol. The van der Waals surface area contributed by atoms with Gasteiger partial charge in [0, 0.05) is 24.4 Å². The summed E-state index contributed by atoms with van der Waals surface area (Å²) in [7, 11) is 0. The second kappa shape index (κ2) is 8.91. The first-order chi connectivity index (χ1) is 17.2. The SMILES string of the molecule is O=C(N[C@]1(c2ccc(OC(F)(F)F)c(F)c2)CCOc2cccnc21)c1ccc(-c2ncon2)cn1. The molecule has 3 aromatic heterocycles. The Kier molecular flexibility index (Phi) is 5.74. The fraction of sp³-hybridized carbons (Fsp3) is 0.174. The molecule has 4 heterocycles. The first-order valence-electron chi connectivity index (χ1n) is 10.4. The van der Waals surface area contributed by atoms with Gasteiger partial charge in [0.15, 0.2) is 11.6 Å². The highest BCUT2D eigenvalue weighted by Gasteiger charge is 2.43. The summed E-state index contributed by atoms with van der Waals surface area (Å²) < 4.78 is 66.7. The summed E-state index contributed by atoms with van der Waals surface area (Å²) in [6.07, 6.45) is -0.960. The molecule has 0 spiro atoms. The highest BCUT2D eigenvalue weighted by Crippen LogP contribution is 2.42. The van der Waals surface area contributed by atoms with E-state index in [0.717, 1.165) is 18.5 Å². The van der Waals surface area contributed by atoms with Gasteiger partial charge in [0.25, 0.3) is 5.91 Å². The molecule has 5 rings (SSSR count). The fourth-order valence-electron chi connectivity index (χ4n) is 3.92. The van der Waals surface area contributed by atoms with E-state index in [0.29, 0.717) is 11.3 Å². The number of rotatable bonds is 5. The maximum Gasteiger partial charge on any atom is 0.573 e. The lowest BCUT2D eigenvalue weighted by Crippen LogP contribution is -2.50. The Hall–Kier alpha value is -4.55. The zero-order valence-corrected chi connectivity index (χ0v) is 18.1. The summed E-state index contributed by atoms with van der Waals surface area (Å²) in [6, 6.07) is 9.21. The highest BCUT2D eigenvalue weighted by molar-refractivity contribution is 5.93. The van der Waals surface area contributed by atoms with E-state index in [4.69, 9.17) is 9.26 Å². The number of fused-ring (bicyclic) bond motifs is 1. The Balaban J connectivity index is 1.53. The fourth-order valence-corrected chi connectivity index (χ4v) is 3.92. The molecule has 36 heavy (non-hydrogen) atoms. The van der Waals surface area contributed by atoms with Crippen LogP contribution in [-0.2, 0) is 5.54 Å². The van der Waals surface area contributed by atoms with E-state index >= 15 is 0 Å². The third kappa shape index (κ3) is 4.42. The van der Waals surface area contributed by atoms with Gasteiger partial charge in [-0.2, -0.15) is 4.98 Å². The van der Waals surface area contributed by atoms with Crippen LogP contribution in [0.5, 0.6) is 11.5 Å². The maximum atomic E-state index is 14.7. The molecule has 0 radical (unpaired) electrons. The molecule has 1 aliphatic heterocycles. The lowest BCUT2D eigenvalue weighted by molar-refractivity contribution is -0.275. The van der Waals surface area contributed by atoms with Crippen LogP contribution >= 0.6 is 0 Å². The predicted octanol–water partition coefficient (Wildman–Crippen LogP) is 4.02. The number of hydrogen-bond acceptors (Lipinski definition) is 8. The van der Waals surface area contributed by atoms with Gasteiger partial charge in [-0.1, -0.05) is 11.2 Å². The van der Waals surface area contributed by atoms with Gasteiger partial charge in [0.2, 0.25) is 12.2 Å². The number of carbonyl (C=O) groups excluding carboxylic acids is 1. The summed E-state index contributed by atoms with van der Waals surface area (Å²) >= 11 is 0. The number of nitrogens with zero attached hydrogens (tertiary/aromatic N) is 4. The van der Waals surface area contributed by atoms with Gasteiger partial charge in [-0.05, 0) is 42.0 Å². The van der Waals surface area contributed by atoms with E-state index in [9.17, 15) is 22.4 Å². The third-order valence-electron chi connectivity index (χ3n) is 5.50. The van der Waals surface area contributed by atoms with E-state index in [1.54, 1.807) is 18.2 Å². The topological polar surface area (TPSA) is 112 Å². The number of alkyl halides is 3. The second-order valence-electron chi connectivity index (χ2n) is 7.69. The number of amides is 1. The minimum atomic E-state index is -5.07. The van der Waals surface area contributed by atoms with Crippen molar-refractivity contribution in [3.05, 3.63) is 84.0 Å². The molecule has 13 heteroatoms. The molecule has 1 atom stereocenters. The molecular formula is C23H15F4N5O4. The number of carbonyl (C=O) groups is 1. The molecule has 4 aromatic rings. The van der Waals surface area contributed by atoms with Crippen molar-refractivity contribution in [3.8, 4) is 22.9 Å². The van der Waals surface area contributed by atoms with Crippen molar-refractivity contribution in [2.45, 2.75) is 18.3 Å². The molecule has 0 saturated heterocycles. The summed E-state index contributed by atoms with van der Waals surface area (Å²) in [5, 5.41) is 6.55. The minimum Gasteiger partial charge on any atom is -0.491 e. The van der Waals surface area contributed by atoms with Crippen molar-refractivity contribution < 1.29 is 36.4 Å². The van der Waals surface area contributed by atoms with Crippen LogP contribution in [0.1, 0.15) is 28.2 Å². The van der Waals surface area contributed by atoms with E-state index in [1.165, 1.54) is 24.5 Å². The molecule has 1 amide bonds. The molecule has 1 aromatic carbocycles. The molecule has 0 fully saturated rings. The molecule has 1 aliphatic rings. The van der Waals surface area contributed by atoms with Gasteiger partial charge < -0.3 is 19.3 Å². The van der Waals surface area contributed by atoms with Crippen LogP contribution in [0.2, 0.25) is 0 Å². The molecule has 1 N–H and O–H groups in total. The smallest absolute Gasteiger partial charge is 0.491 e. The molecular weight excluding hydrogens is 486 g/mol. The average Bonchev–Trinajstić information content (AvgIpc) is 3.40. The van der Waals surface area contributed by atoms with Crippen molar-refractivity contribution in [2.24, 2.45) is 0 Å². The number of aromatic nitrogens is 4. The van der Waals surface area contributed by atoms with Crippen LogP contribution in [-0.4, -0.2) is 39.0 Å². The van der Waals surface area contributed by atoms with Crippen LogP contribution in [0.3, 0.4) is 0 Å². The molecule has 0 unspecified atom stereocenters. The zero-order chi connectivity index (χ0) is 25.3. The molecule has 0 saturated carbocycles.